The average Bonchev–Trinajstić information content (AvgIpc) is 2.93. The number of ether oxygens (including phenoxy) is 5. The lowest BCUT2D eigenvalue weighted by molar-refractivity contribution is -0.118. The van der Waals surface area contributed by atoms with Crippen molar-refractivity contribution in [3.63, 3.8) is 0 Å². The van der Waals surface area contributed by atoms with Gasteiger partial charge in [0.15, 0.2) is 8.32 Å². The molecule has 0 saturated heterocycles. The van der Waals surface area contributed by atoms with Crippen LogP contribution in [0.15, 0.2) is 29.4 Å². The molecule has 2 N–H and O–H groups in total. The zero-order valence-corrected chi connectivity index (χ0v) is 27.6. The molecule has 0 aliphatic rings. The molecule has 0 amide bonds. The fraction of sp³-hybridized carbons (Fsp3) is 0.759. The number of ketones is 1. The number of benzene rings is 1. The van der Waals surface area contributed by atoms with E-state index in [4.69, 9.17) is 39.1 Å². The standard InChI is InChI=1S/C28H52N4O7Si2.CH4/c1-40(2,23-7-11-29)39-41(3,4)28-10-5-8-26(25-28)24-27(33)9-6-13-34-15-17-36-19-21-38-22-20-37-18-16-35-14-12-31-32-30;/h5,8,10,25H,6-7,9,11-24,29H2,1-4H3;1H4. The Morgan fingerprint density at radius 3 is 1.95 bits per heavy atom. The molecular weight excluding hydrogens is 573 g/mol. The average molecular weight is 629 g/mol. The summed E-state index contributed by atoms with van der Waals surface area (Å²) in [5.74, 6) is 0.221. The van der Waals surface area contributed by atoms with E-state index in [1.807, 2.05) is 12.1 Å². The van der Waals surface area contributed by atoms with E-state index in [-0.39, 0.29) is 13.2 Å². The van der Waals surface area contributed by atoms with Crippen molar-refractivity contribution < 1.29 is 32.6 Å². The lowest BCUT2D eigenvalue weighted by atomic mass is 10.1. The summed E-state index contributed by atoms with van der Waals surface area (Å²) in [4.78, 5) is 15.2. The van der Waals surface area contributed by atoms with Crippen LogP contribution in [0.1, 0.15) is 32.3 Å². The van der Waals surface area contributed by atoms with Gasteiger partial charge in [0.2, 0.25) is 8.32 Å². The first-order valence-corrected chi connectivity index (χ1v) is 20.6. The minimum Gasteiger partial charge on any atom is -0.452 e. The lowest BCUT2D eigenvalue weighted by Crippen LogP contribution is -2.52. The second-order valence-electron chi connectivity index (χ2n) is 10.8. The minimum absolute atomic E-state index is 0. The van der Waals surface area contributed by atoms with Gasteiger partial charge >= 0.3 is 0 Å². The Kier molecular flexibility index (Phi) is 23.8. The van der Waals surface area contributed by atoms with Crippen LogP contribution in [0.2, 0.25) is 32.2 Å². The molecule has 0 aromatic heterocycles. The lowest BCUT2D eigenvalue weighted by Gasteiger charge is -2.34. The van der Waals surface area contributed by atoms with Gasteiger partial charge in [-0.25, -0.2) is 0 Å². The summed E-state index contributed by atoms with van der Waals surface area (Å²) in [6.07, 6.45) is 2.64. The first-order chi connectivity index (χ1) is 19.7. The smallest absolute Gasteiger partial charge is 0.205 e. The van der Waals surface area contributed by atoms with Crippen LogP contribution in [-0.2, 0) is 39.0 Å². The van der Waals surface area contributed by atoms with Gasteiger partial charge in [-0.3, -0.25) is 4.79 Å². The first kappa shape index (κ1) is 40.4. The van der Waals surface area contributed by atoms with E-state index in [1.165, 1.54) is 5.19 Å². The van der Waals surface area contributed by atoms with Gasteiger partial charge in [0.1, 0.15) is 5.78 Å². The van der Waals surface area contributed by atoms with Gasteiger partial charge < -0.3 is 33.5 Å². The number of azide groups is 1. The zero-order chi connectivity index (χ0) is 30.2. The molecule has 0 aliphatic heterocycles. The molecule has 0 unspecified atom stereocenters. The Morgan fingerprint density at radius 1 is 0.857 bits per heavy atom. The molecule has 0 atom stereocenters. The van der Waals surface area contributed by atoms with Gasteiger partial charge in [0.05, 0.1) is 59.5 Å². The third-order valence-electron chi connectivity index (χ3n) is 6.17. The quantitative estimate of drug-likeness (QED) is 0.0489. The van der Waals surface area contributed by atoms with Crippen LogP contribution < -0.4 is 10.9 Å². The highest BCUT2D eigenvalue weighted by molar-refractivity contribution is 6.92. The molecule has 1 aromatic rings. The summed E-state index contributed by atoms with van der Waals surface area (Å²) in [7, 11) is -3.84. The Hall–Kier alpha value is -1.65. The fourth-order valence-electron chi connectivity index (χ4n) is 4.20. The van der Waals surface area contributed by atoms with Crippen molar-refractivity contribution >= 4 is 27.6 Å². The van der Waals surface area contributed by atoms with E-state index in [2.05, 4.69) is 48.3 Å². The molecule has 0 aliphatic carbocycles. The largest absolute Gasteiger partial charge is 0.452 e. The highest BCUT2D eigenvalue weighted by Gasteiger charge is 2.34. The predicted molar refractivity (Wildman–Crippen MR) is 173 cm³/mol. The van der Waals surface area contributed by atoms with E-state index in [1.54, 1.807) is 0 Å². The van der Waals surface area contributed by atoms with Crippen LogP contribution in [-0.4, -0.2) is 102 Å². The first-order valence-electron chi connectivity index (χ1n) is 14.6. The van der Waals surface area contributed by atoms with Crippen LogP contribution in [0.4, 0.5) is 0 Å². The van der Waals surface area contributed by atoms with Crippen LogP contribution in [0.5, 0.6) is 0 Å². The molecule has 0 saturated carbocycles. The molecule has 242 valence electrons. The van der Waals surface area contributed by atoms with Gasteiger partial charge in [0, 0.05) is 30.9 Å². The van der Waals surface area contributed by atoms with Crippen LogP contribution >= 0.6 is 0 Å². The number of hydrogen-bond donors (Lipinski definition) is 1. The van der Waals surface area contributed by atoms with E-state index >= 15 is 0 Å². The number of hydrogen-bond acceptors (Lipinski definition) is 9. The van der Waals surface area contributed by atoms with E-state index in [0.717, 1.165) is 18.0 Å². The highest BCUT2D eigenvalue weighted by atomic mass is 28.4. The molecule has 0 spiro atoms. The minimum atomic E-state index is -2.07. The fourth-order valence-corrected chi connectivity index (χ4v) is 12.7. The summed E-state index contributed by atoms with van der Waals surface area (Å²) in [6, 6.07) is 9.44. The topological polar surface area (TPSA) is 147 Å². The number of Topliss-reactive ketones (excluding diaryl/α,β-unsaturated/α-hetero) is 1. The molecule has 13 heteroatoms. The molecule has 0 fully saturated rings. The Morgan fingerprint density at radius 2 is 1.40 bits per heavy atom. The summed E-state index contributed by atoms with van der Waals surface area (Å²) in [5.41, 5.74) is 14.9. The SMILES string of the molecule is C.C[Si](C)(CCCN)O[Si](C)(C)c1cccc(CC(=O)CCCOCCOCCOCCOCCOCCN=[N+]=[N-])c1. The normalized spacial score (nSPS) is 11.6. The second-order valence-corrected chi connectivity index (χ2v) is 19.2. The van der Waals surface area contributed by atoms with Gasteiger partial charge in [-0.05, 0) is 67.9 Å². The van der Waals surface area contributed by atoms with Crippen molar-refractivity contribution in [2.75, 3.05) is 79.2 Å². The third-order valence-corrected chi connectivity index (χ3v) is 13.7. The number of carbonyl (C=O) groups excluding carboxylic acids is 1. The molecule has 1 aromatic carbocycles. The van der Waals surface area contributed by atoms with Gasteiger partial charge in [0.25, 0.3) is 0 Å². The van der Waals surface area contributed by atoms with Gasteiger partial charge in [-0.2, -0.15) is 0 Å². The van der Waals surface area contributed by atoms with Crippen molar-refractivity contribution in [1.29, 1.82) is 0 Å². The van der Waals surface area contributed by atoms with E-state index < -0.39 is 16.6 Å². The Bertz CT molecular complexity index is 887. The maximum absolute atomic E-state index is 12.6. The summed E-state index contributed by atoms with van der Waals surface area (Å²) < 4.78 is 33.9. The number of rotatable bonds is 27. The van der Waals surface area contributed by atoms with Crippen molar-refractivity contribution in [1.82, 2.24) is 0 Å². The van der Waals surface area contributed by atoms with Crippen molar-refractivity contribution in [3.05, 3.63) is 40.3 Å². The third kappa shape index (κ3) is 21.1. The van der Waals surface area contributed by atoms with Gasteiger partial charge in [-0.15, -0.1) is 0 Å². The Balaban J connectivity index is 0.0000168. The number of nitrogens with two attached hydrogens (primary N) is 1. The van der Waals surface area contributed by atoms with Crippen LogP contribution in [0, 0.1) is 0 Å². The number of carbonyl (C=O) groups is 1. The molecular formula is C29H56N4O7Si2. The van der Waals surface area contributed by atoms with E-state index in [0.29, 0.717) is 98.4 Å². The predicted octanol–water partition coefficient (Wildman–Crippen LogP) is 4.59. The molecule has 0 heterocycles. The molecule has 11 nitrogen and oxygen atoms in total. The molecule has 0 bridgehead atoms. The second kappa shape index (κ2) is 24.8. The van der Waals surface area contributed by atoms with Crippen molar-refractivity contribution in [3.8, 4) is 0 Å². The Labute approximate surface area is 255 Å². The monoisotopic (exact) mass is 628 g/mol. The highest BCUT2D eigenvalue weighted by Crippen LogP contribution is 2.20. The maximum Gasteiger partial charge on any atom is 0.205 e. The molecule has 42 heavy (non-hydrogen) atoms. The summed E-state index contributed by atoms with van der Waals surface area (Å²) >= 11 is 0. The van der Waals surface area contributed by atoms with Crippen molar-refractivity contribution in [2.45, 2.75) is 65.3 Å². The summed E-state index contributed by atoms with van der Waals surface area (Å²) in [5, 5.41) is 4.61. The van der Waals surface area contributed by atoms with Crippen LogP contribution in [0.25, 0.3) is 10.4 Å². The van der Waals surface area contributed by atoms with Crippen LogP contribution in [0.3, 0.4) is 0 Å². The summed E-state index contributed by atoms with van der Waals surface area (Å²) in [6.45, 7) is 14.8. The number of nitrogens with zero attached hydrogens (tertiary/aromatic N) is 3. The van der Waals surface area contributed by atoms with Gasteiger partial charge in [-0.1, -0.05) is 36.8 Å². The van der Waals surface area contributed by atoms with Crippen molar-refractivity contribution in [2.24, 2.45) is 10.8 Å². The zero-order valence-electron chi connectivity index (χ0n) is 25.6. The molecule has 1 rings (SSSR count). The molecule has 0 radical (unpaired) electrons. The maximum atomic E-state index is 12.6. The van der Waals surface area contributed by atoms with E-state index in [9.17, 15) is 4.79 Å².